The number of hydrogen-bond donors (Lipinski definition) is 1. The van der Waals surface area contributed by atoms with Gasteiger partial charge in [0, 0.05) is 24.3 Å². The SMILES string of the molecule is CCNC(C)c1ccc(OC)c(CSc2nnc(C)o2)c1. The van der Waals surface area contributed by atoms with Crippen LogP contribution in [-0.2, 0) is 5.75 Å². The molecule has 1 heterocycles. The maximum absolute atomic E-state index is 5.43. The Labute approximate surface area is 129 Å². The lowest BCUT2D eigenvalue weighted by Gasteiger charge is -2.15. The Balaban J connectivity index is 2.13. The lowest BCUT2D eigenvalue weighted by Crippen LogP contribution is -2.17. The predicted molar refractivity (Wildman–Crippen MR) is 83.7 cm³/mol. The van der Waals surface area contributed by atoms with Crippen LogP contribution in [0.25, 0.3) is 0 Å². The number of aromatic nitrogens is 2. The minimum atomic E-state index is 0.315. The van der Waals surface area contributed by atoms with Crippen molar-refractivity contribution < 1.29 is 9.15 Å². The smallest absolute Gasteiger partial charge is 0.276 e. The summed E-state index contributed by atoms with van der Waals surface area (Å²) in [5.41, 5.74) is 2.37. The summed E-state index contributed by atoms with van der Waals surface area (Å²) in [6, 6.07) is 6.59. The van der Waals surface area contributed by atoms with E-state index >= 15 is 0 Å². The van der Waals surface area contributed by atoms with Crippen LogP contribution in [0, 0.1) is 6.92 Å². The maximum atomic E-state index is 5.43. The number of rotatable bonds is 7. The fourth-order valence-electron chi connectivity index (χ4n) is 2.08. The van der Waals surface area contributed by atoms with E-state index in [1.165, 1.54) is 17.3 Å². The van der Waals surface area contributed by atoms with Crippen LogP contribution >= 0.6 is 11.8 Å². The second-order valence-electron chi connectivity index (χ2n) is 4.73. The molecule has 0 spiro atoms. The standard InChI is InChI=1S/C15H21N3O2S/c1-5-16-10(2)12-6-7-14(19-4)13(8-12)9-21-15-18-17-11(3)20-15/h6-8,10,16H,5,9H2,1-4H3. The summed E-state index contributed by atoms with van der Waals surface area (Å²) < 4.78 is 10.8. The third kappa shape index (κ3) is 4.22. The fourth-order valence-corrected chi connectivity index (χ4v) is 2.86. The Morgan fingerprint density at radius 3 is 2.81 bits per heavy atom. The molecule has 5 nitrogen and oxygen atoms in total. The highest BCUT2D eigenvalue weighted by Crippen LogP contribution is 2.29. The molecule has 0 amide bonds. The molecule has 21 heavy (non-hydrogen) atoms. The average molecular weight is 307 g/mol. The Hall–Kier alpha value is -1.53. The Morgan fingerprint density at radius 1 is 1.38 bits per heavy atom. The Morgan fingerprint density at radius 2 is 2.19 bits per heavy atom. The van der Waals surface area contributed by atoms with Gasteiger partial charge in [-0.25, -0.2) is 0 Å². The van der Waals surface area contributed by atoms with E-state index in [4.69, 9.17) is 9.15 Å². The highest BCUT2D eigenvalue weighted by atomic mass is 32.2. The van der Waals surface area contributed by atoms with Crippen molar-refractivity contribution in [2.24, 2.45) is 0 Å². The summed E-state index contributed by atoms with van der Waals surface area (Å²) in [6.45, 7) is 6.99. The number of nitrogens with zero attached hydrogens (tertiary/aromatic N) is 2. The van der Waals surface area contributed by atoms with Gasteiger partial charge in [-0.2, -0.15) is 0 Å². The summed E-state index contributed by atoms with van der Waals surface area (Å²) in [7, 11) is 1.69. The van der Waals surface area contributed by atoms with Crippen molar-refractivity contribution >= 4 is 11.8 Å². The van der Waals surface area contributed by atoms with Gasteiger partial charge in [-0.05, 0) is 31.2 Å². The van der Waals surface area contributed by atoms with Crippen LogP contribution in [0.5, 0.6) is 5.75 Å². The maximum Gasteiger partial charge on any atom is 0.276 e. The molecule has 1 N–H and O–H groups in total. The van der Waals surface area contributed by atoms with Crippen molar-refractivity contribution in [3.8, 4) is 5.75 Å². The molecule has 1 unspecified atom stereocenters. The molecule has 6 heteroatoms. The number of nitrogens with one attached hydrogen (secondary N) is 1. The minimum absolute atomic E-state index is 0.315. The first-order chi connectivity index (χ1) is 10.1. The van der Waals surface area contributed by atoms with Gasteiger partial charge in [0.2, 0.25) is 5.89 Å². The van der Waals surface area contributed by atoms with Gasteiger partial charge in [-0.1, -0.05) is 24.8 Å². The quantitative estimate of drug-likeness (QED) is 0.792. The van der Waals surface area contributed by atoms with Gasteiger partial charge in [0.05, 0.1) is 7.11 Å². The van der Waals surface area contributed by atoms with E-state index < -0.39 is 0 Å². The number of hydrogen-bond acceptors (Lipinski definition) is 6. The number of ether oxygens (including phenoxy) is 1. The first-order valence-electron chi connectivity index (χ1n) is 6.97. The number of thioether (sulfide) groups is 1. The highest BCUT2D eigenvalue weighted by molar-refractivity contribution is 7.98. The van der Waals surface area contributed by atoms with Gasteiger partial charge in [-0.3, -0.25) is 0 Å². The van der Waals surface area contributed by atoms with Crippen molar-refractivity contribution in [1.82, 2.24) is 15.5 Å². The average Bonchev–Trinajstić information content (AvgIpc) is 2.90. The second-order valence-corrected chi connectivity index (χ2v) is 5.65. The molecule has 2 aromatic rings. The Bertz CT molecular complexity index is 586. The molecule has 114 valence electrons. The van der Waals surface area contributed by atoms with Crippen molar-refractivity contribution in [2.75, 3.05) is 13.7 Å². The summed E-state index contributed by atoms with van der Waals surface area (Å²) in [5, 5.41) is 11.8. The van der Waals surface area contributed by atoms with E-state index in [1.807, 2.05) is 6.07 Å². The predicted octanol–water partition coefficient (Wildman–Crippen LogP) is 3.35. The molecule has 0 saturated heterocycles. The van der Waals surface area contributed by atoms with Gasteiger partial charge < -0.3 is 14.5 Å². The number of methoxy groups -OCH3 is 1. The molecular weight excluding hydrogens is 286 g/mol. The second kappa shape index (κ2) is 7.47. The molecule has 0 aliphatic rings. The van der Waals surface area contributed by atoms with Gasteiger partial charge in [0.25, 0.3) is 5.22 Å². The van der Waals surface area contributed by atoms with E-state index in [2.05, 4.69) is 41.5 Å². The molecule has 1 aromatic carbocycles. The summed E-state index contributed by atoms with van der Waals surface area (Å²) in [5.74, 6) is 2.20. The van der Waals surface area contributed by atoms with Crippen molar-refractivity contribution in [3.05, 3.63) is 35.2 Å². The zero-order chi connectivity index (χ0) is 15.2. The van der Waals surface area contributed by atoms with E-state index in [1.54, 1.807) is 14.0 Å². The highest BCUT2D eigenvalue weighted by Gasteiger charge is 2.11. The normalized spacial score (nSPS) is 12.4. The van der Waals surface area contributed by atoms with Gasteiger partial charge in [0.15, 0.2) is 0 Å². The molecular formula is C15H21N3O2S. The van der Waals surface area contributed by atoms with Crippen LogP contribution in [0.3, 0.4) is 0 Å². The van der Waals surface area contributed by atoms with Crippen LogP contribution in [0.1, 0.15) is 36.9 Å². The van der Waals surface area contributed by atoms with Crippen LogP contribution in [0.2, 0.25) is 0 Å². The van der Waals surface area contributed by atoms with Crippen LogP contribution in [-0.4, -0.2) is 23.9 Å². The fraction of sp³-hybridized carbons (Fsp3) is 0.467. The zero-order valence-electron chi connectivity index (χ0n) is 12.8. The molecule has 0 fully saturated rings. The van der Waals surface area contributed by atoms with E-state index in [9.17, 15) is 0 Å². The van der Waals surface area contributed by atoms with Crippen molar-refractivity contribution in [3.63, 3.8) is 0 Å². The largest absolute Gasteiger partial charge is 0.496 e. The minimum Gasteiger partial charge on any atom is -0.496 e. The third-order valence-corrected chi connectivity index (χ3v) is 4.04. The summed E-state index contributed by atoms with van der Waals surface area (Å²) in [4.78, 5) is 0. The summed E-state index contributed by atoms with van der Waals surface area (Å²) >= 11 is 1.52. The molecule has 0 aliphatic heterocycles. The number of benzene rings is 1. The van der Waals surface area contributed by atoms with Gasteiger partial charge in [0.1, 0.15) is 5.75 Å². The van der Waals surface area contributed by atoms with Crippen molar-refractivity contribution in [2.45, 2.75) is 37.8 Å². The van der Waals surface area contributed by atoms with E-state index in [-0.39, 0.29) is 0 Å². The number of aryl methyl sites for hydroxylation is 1. The van der Waals surface area contributed by atoms with Crippen molar-refractivity contribution in [1.29, 1.82) is 0 Å². The summed E-state index contributed by atoms with van der Waals surface area (Å²) in [6.07, 6.45) is 0. The van der Waals surface area contributed by atoms with Gasteiger partial charge in [-0.15, -0.1) is 10.2 Å². The molecule has 1 atom stereocenters. The first kappa shape index (κ1) is 15.9. The Kier molecular flexibility index (Phi) is 5.64. The van der Waals surface area contributed by atoms with E-state index in [0.29, 0.717) is 17.2 Å². The van der Waals surface area contributed by atoms with Crippen LogP contribution in [0.15, 0.2) is 27.8 Å². The molecule has 2 rings (SSSR count). The molecule has 0 aliphatic carbocycles. The molecule has 0 saturated carbocycles. The lowest BCUT2D eigenvalue weighted by atomic mass is 10.0. The monoisotopic (exact) mass is 307 g/mol. The van der Waals surface area contributed by atoms with Gasteiger partial charge >= 0.3 is 0 Å². The lowest BCUT2D eigenvalue weighted by molar-refractivity contribution is 0.410. The molecule has 0 bridgehead atoms. The first-order valence-corrected chi connectivity index (χ1v) is 7.95. The topological polar surface area (TPSA) is 60.2 Å². The van der Waals surface area contributed by atoms with E-state index in [0.717, 1.165) is 23.6 Å². The van der Waals surface area contributed by atoms with Crippen LogP contribution < -0.4 is 10.1 Å². The molecule has 0 radical (unpaired) electrons. The third-order valence-electron chi connectivity index (χ3n) is 3.17. The molecule has 1 aromatic heterocycles. The van der Waals surface area contributed by atoms with Crippen LogP contribution in [0.4, 0.5) is 0 Å². The zero-order valence-corrected chi connectivity index (χ0v) is 13.7.